The molecule has 1 fully saturated rings. The van der Waals surface area contributed by atoms with E-state index in [1.807, 2.05) is 19.0 Å². The van der Waals surface area contributed by atoms with Crippen LogP contribution in [0.1, 0.15) is 32.6 Å². The van der Waals surface area contributed by atoms with Crippen molar-refractivity contribution in [3.63, 3.8) is 0 Å². The highest BCUT2D eigenvalue weighted by molar-refractivity contribution is 5.89. The topological polar surface area (TPSA) is 78.7 Å². The Labute approximate surface area is 152 Å². The third-order valence-corrected chi connectivity index (χ3v) is 3.94. The molecule has 0 radical (unpaired) electrons. The summed E-state index contributed by atoms with van der Waals surface area (Å²) < 4.78 is 0. The number of halogens is 2. The highest BCUT2D eigenvalue weighted by Gasteiger charge is 2.34. The predicted octanol–water partition coefficient (Wildman–Crippen LogP) is 0.874. The minimum Gasteiger partial charge on any atom is -0.352 e. The van der Waals surface area contributed by atoms with Crippen molar-refractivity contribution in [3.05, 3.63) is 0 Å². The predicted molar refractivity (Wildman–Crippen MR) is 98.2 cm³/mol. The zero-order chi connectivity index (χ0) is 15.8. The molecular formula is C15H32Cl2N4O2. The van der Waals surface area contributed by atoms with Gasteiger partial charge in [-0.15, -0.1) is 24.8 Å². The van der Waals surface area contributed by atoms with E-state index in [1.54, 1.807) is 4.90 Å². The molecule has 1 aliphatic heterocycles. The fourth-order valence-corrected chi connectivity index (χ4v) is 2.50. The van der Waals surface area contributed by atoms with Gasteiger partial charge in [0, 0.05) is 38.6 Å². The van der Waals surface area contributed by atoms with E-state index in [9.17, 15) is 9.59 Å². The summed E-state index contributed by atoms with van der Waals surface area (Å²) in [5.74, 6) is -0.174. The first-order valence-corrected chi connectivity index (χ1v) is 7.90. The Morgan fingerprint density at radius 2 is 2.09 bits per heavy atom. The maximum absolute atomic E-state index is 12.3. The average molecular weight is 371 g/mol. The Bertz CT molecular complexity index is 356. The van der Waals surface area contributed by atoms with E-state index >= 15 is 0 Å². The lowest BCUT2D eigenvalue weighted by molar-refractivity contribution is -0.129. The molecular weight excluding hydrogens is 339 g/mol. The lowest BCUT2D eigenvalue weighted by Crippen LogP contribution is -2.43. The summed E-state index contributed by atoms with van der Waals surface area (Å²) in [6.07, 6.45) is 3.38. The Morgan fingerprint density at radius 3 is 2.61 bits per heavy atom. The molecule has 1 aliphatic rings. The fraction of sp³-hybridized carbons (Fsp3) is 0.867. The zero-order valence-electron chi connectivity index (χ0n) is 14.4. The van der Waals surface area contributed by atoms with Crippen molar-refractivity contribution in [1.82, 2.24) is 15.1 Å². The van der Waals surface area contributed by atoms with Crippen LogP contribution in [-0.2, 0) is 9.59 Å². The van der Waals surface area contributed by atoms with Crippen LogP contribution >= 0.6 is 24.8 Å². The van der Waals surface area contributed by atoms with Crippen LogP contribution in [0.3, 0.4) is 0 Å². The van der Waals surface area contributed by atoms with Crippen LogP contribution in [0.2, 0.25) is 0 Å². The van der Waals surface area contributed by atoms with E-state index in [4.69, 9.17) is 5.73 Å². The number of likely N-dealkylation sites (tertiary alicyclic amines) is 1. The van der Waals surface area contributed by atoms with E-state index in [-0.39, 0.29) is 48.6 Å². The number of amides is 2. The summed E-state index contributed by atoms with van der Waals surface area (Å²) in [7, 11) is 3.95. The molecule has 1 heterocycles. The first-order valence-electron chi connectivity index (χ1n) is 7.90. The smallest absolute Gasteiger partial charge is 0.225 e. The standard InChI is InChI=1S/C15H30N4O2.2ClH/c1-4-5-6-13(10-16)17-15(21)12-9-14(20)19(11-12)8-7-18(2)3;;/h12-13H,4-11,16H2,1-3H3,(H,17,21);2*1H. The number of hydrogen-bond acceptors (Lipinski definition) is 4. The number of carbonyl (C=O) groups excluding carboxylic acids is 2. The number of hydrogen-bond donors (Lipinski definition) is 2. The van der Waals surface area contributed by atoms with Crippen molar-refractivity contribution in [2.75, 3.05) is 40.3 Å². The third kappa shape index (κ3) is 8.74. The molecule has 0 aromatic rings. The van der Waals surface area contributed by atoms with Crippen LogP contribution in [0.5, 0.6) is 0 Å². The van der Waals surface area contributed by atoms with Gasteiger partial charge in [-0.05, 0) is 20.5 Å². The van der Waals surface area contributed by atoms with Crippen LogP contribution in [0.4, 0.5) is 0 Å². The van der Waals surface area contributed by atoms with Gasteiger partial charge in [-0.3, -0.25) is 9.59 Å². The average Bonchev–Trinajstić information content (AvgIpc) is 2.82. The van der Waals surface area contributed by atoms with E-state index in [1.165, 1.54) is 0 Å². The summed E-state index contributed by atoms with van der Waals surface area (Å²) in [5.41, 5.74) is 5.70. The van der Waals surface area contributed by atoms with E-state index in [0.29, 0.717) is 26.1 Å². The number of likely N-dealkylation sites (N-methyl/N-ethyl adjacent to an activating group) is 1. The van der Waals surface area contributed by atoms with Crippen molar-refractivity contribution < 1.29 is 9.59 Å². The molecule has 2 atom stereocenters. The molecule has 0 bridgehead atoms. The molecule has 0 aliphatic carbocycles. The van der Waals surface area contributed by atoms with Gasteiger partial charge in [0.2, 0.25) is 11.8 Å². The molecule has 8 heteroatoms. The molecule has 2 amide bonds. The van der Waals surface area contributed by atoms with E-state index < -0.39 is 0 Å². The molecule has 0 spiro atoms. The molecule has 0 aromatic carbocycles. The lowest BCUT2D eigenvalue weighted by atomic mass is 10.1. The molecule has 1 saturated heterocycles. The Hall–Kier alpha value is -0.560. The Balaban J connectivity index is 0. The Kier molecular flexibility index (Phi) is 13.8. The second kappa shape index (κ2) is 12.8. The minimum absolute atomic E-state index is 0. The minimum atomic E-state index is -0.227. The van der Waals surface area contributed by atoms with Crippen LogP contribution < -0.4 is 11.1 Å². The van der Waals surface area contributed by atoms with E-state index in [2.05, 4.69) is 12.2 Å². The van der Waals surface area contributed by atoms with Crippen LogP contribution in [-0.4, -0.2) is 67.9 Å². The van der Waals surface area contributed by atoms with Crippen LogP contribution in [0.25, 0.3) is 0 Å². The van der Waals surface area contributed by atoms with Crippen molar-refractivity contribution in [3.8, 4) is 0 Å². The quantitative estimate of drug-likeness (QED) is 0.631. The summed E-state index contributed by atoms with van der Waals surface area (Å²) in [4.78, 5) is 28.0. The molecule has 23 heavy (non-hydrogen) atoms. The van der Waals surface area contributed by atoms with Gasteiger partial charge in [-0.25, -0.2) is 0 Å². The maximum Gasteiger partial charge on any atom is 0.225 e. The second-order valence-corrected chi connectivity index (χ2v) is 6.13. The van der Waals surface area contributed by atoms with Gasteiger partial charge in [0.25, 0.3) is 0 Å². The van der Waals surface area contributed by atoms with Crippen molar-refractivity contribution in [2.45, 2.75) is 38.6 Å². The largest absolute Gasteiger partial charge is 0.352 e. The Morgan fingerprint density at radius 1 is 1.43 bits per heavy atom. The normalized spacial score (nSPS) is 18.4. The second-order valence-electron chi connectivity index (χ2n) is 6.13. The summed E-state index contributed by atoms with van der Waals surface area (Å²) in [6.45, 7) is 4.61. The number of nitrogens with zero attached hydrogens (tertiary/aromatic N) is 2. The number of carbonyl (C=O) groups is 2. The maximum atomic E-state index is 12.3. The van der Waals surface area contributed by atoms with Gasteiger partial charge >= 0.3 is 0 Å². The van der Waals surface area contributed by atoms with Gasteiger partial charge in [0.1, 0.15) is 0 Å². The molecule has 138 valence electrons. The first-order chi connectivity index (χ1) is 9.97. The van der Waals surface area contributed by atoms with Gasteiger partial charge in [0.15, 0.2) is 0 Å². The van der Waals surface area contributed by atoms with Gasteiger partial charge in [-0.1, -0.05) is 19.8 Å². The molecule has 0 aromatic heterocycles. The van der Waals surface area contributed by atoms with Gasteiger partial charge < -0.3 is 20.9 Å². The molecule has 6 nitrogen and oxygen atoms in total. The van der Waals surface area contributed by atoms with Crippen LogP contribution in [0.15, 0.2) is 0 Å². The number of rotatable bonds is 9. The third-order valence-electron chi connectivity index (χ3n) is 3.94. The summed E-state index contributed by atoms with van der Waals surface area (Å²) in [5, 5.41) is 3.00. The first kappa shape index (κ1) is 24.7. The number of unbranched alkanes of at least 4 members (excludes halogenated alkanes) is 1. The van der Waals surface area contributed by atoms with Gasteiger partial charge in [-0.2, -0.15) is 0 Å². The monoisotopic (exact) mass is 370 g/mol. The van der Waals surface area contributed by atoms with Crippen molar-refractivity contribution in [2.24, 2.45) is 11.7 Å². The number of nitrogens with one attached hydrogen (secondary N) is 1. The van der Waals surface area contributed by atoms with Crippen molar-refractivity contribution >= 4 is 36.6 Å². The lowest BCUT2D eigenvalue weighted by Gasteiger charge is -2.21. The van der Waals surface area contributed by atoms with Crippen molar-refractivity contribution in [1.29, 1.82) is 0 Å². The van der Waals surface area contributed by atoms with E-state index in [0.717, 1.165) is 25.8 Å². The summed E-state index contributed by atoms with van der Waals surface area (Å²) >= 11 is 0. The zero-order valence-corrected chi connectivity index (χ0v) is 16.0. The van der Waals surface area contributed by atoms with Crippen LogP contribution in [0, 0.1) is 5.92 Å². The molecule has 1 rings (SSSR count). The summed E-state index contributed by atoms with van der Waals surface area (Å²) in [6, 6.07) is 0.0309. The number of nitrogens with two attached hydrogens (primary N) is 1. The highest BCUT2D eigenvalue weighted by atomic mass is 35.5. The molecule has 2 unspecified atom stereocenters. The molecule has 0 saturated carbocycles. The van der Waals surface area contributed by atoms with Gasteiger partial charge in [0.05, 0.1) is 5.92 Å². The fourth-order valence-electron chi connectivity index (χ4n) is 2.50. The SMILES string of the molecule is CCCCC(CN)NC(=O)C1CC(=O)N(CCN(C)C)C1.Cl.Cl. The highest BCUT2D eigenvalue weighted by Crippen LogP contribution is 2.18. The molecule has 3 N–H and O–H groups in total.